The van der Waals surface area contributed by atoms with Crippen molar-refractivity contribution in [3.63, 3.8) is 0 Å². The minimum Gasteiger partial charge on any atom is -1.00 e. The molecule has 1 heterocycles. The smallest absolute Gasteiger partial charge is 0.337 e. The minimum atomic E-state index is -0.299. The number of ether oxygens (including phenoxy) is 1. The van der Waals surface area contributed by atoms with E-state index < -0.39 is 0 Å². The highest BCUT2D eigenvalue weighted by Gasteiger charge is 2.42. The predicted octanol–water partition coefficient (Wildman–Crippen LogP) is 1.07. The number of nitrogens with zero attached hydrogens (tertiary/aromatic N) is 1. The van der Waals surface area contributed by atoms with Crippen LogP contribution in [0.2, 0.25) is 0 Å². The number of benzene rings is 2. The maximum Gasteiger partial charge on any atom is 0.337 e. The van der Waals surface area contributed by atoms with Crippen LogP contribution in [-0.4, -0.2) is 23.4 Å². The lowest BCUT2D eigenvalue weighted by atomic mass is 9.82. The van der Waals surface area contributed by atoms with Crippen molar-refractivity contribution >= 4 is 17.4 Å². The number of para-hydroxylation sites is 1. The Morgan fingerprint density at radius 3 is 2.33 bits per heavy atom. The van der Waals surface area contributed by atoms with E-state index in [0.29, 0.717) is 5.56 Å². The Hall–Kier alpha value is -1.69. The van der Waals surface area contributed by atoms with Gasteiger partial charge in [-0.25, -0.2) is 4.79 Å². The standard InChI is InChI=1S/C20H22NO2.HI/c1-14-20(2,3)17-7-5-6-8-18(17)21(14)13-15-9-11-16(12-10-15)19(22)23-4;/h5-12H,13H2,1-4H3;1H/q+1;/p-1. The Kier molecular flexibility index (Phi) is 5.48. The molecule has 0 fully saturated rings. The van der Waals surface area contributed by atoms with E-state index in [0.717, 1.165) is 6.54 Å². The van der Waals surface area contributed by atoms with Gasteiger partial charge in [-0.2, -0.15) is 4.58 Å². The molecule has 24 heavy (non-hydrogen) atoms. The monoisotopic (exact) mass is 435 g/mol. The first kappa shape index (κ1) is 18.6. The van der Waals surface area contributed by atoms with Crippen LogP contribution >= 0.6 is 0 Å². The van der Waals surface area contributed by atoms with E-state index in [4.69, 9.17) is 4.74 Å². The molecule has 3 rings (SSSR count). The predicted molar refractivity (Wildman–Crippen MR) is 91.6 cm³/mol. The summed E-state index contributed by atoms with van der Waals surface area (Å²) in [7, 11) is 1.40. The van der Waals surface area contributed by atoms with Gasteiger partial charge >= 0.3 is 5.97 Å². The Morgan fingerprint density at radius 1 is 1.08 bits per heavy atom. The summed E-state index contributed by atoms with van der Waals surface area (Å²) >= 11 is 0. The number of rotatable bonds is 3. The molecule has 3 nitrogen and oxygen atoms in total. The zero-order valence-corrected chi connectivity index (χ0v) is 16.6. The van der Waals surface area contributed by atoms with Gasteiger partial charge in [0.25, 0.3) is 0 Å². The molecule has 0 radical (unpaired) electrons. The van der Waals surface area contributed by atoms with Crippen LogP contribution in [0.5, 0.6) is 0 Å². The van der Waals surface area contributed by atoms with Crippen molar-refractivity contribution in [1.29, 1.82) is 0 Å². The van der Waals surface area contributed by atoms with Crippen molar-refractivity contribution in [2.24, 2.45) is 0 Å². The Labute approximate surface area is 160 Å². The van der Waals surface area contributed by atoms with Crippen LogP contribution < -0.4 is 24.0 Å². The summed E-state index contributed by atoms with van der Waals surface area (Å²) in [5, 5.41) is 0. The van der Waals surface area contributed by atoms with E-state index in [2.05, 4.69) is 49.6 Å². The first-order valence-electron chi connectivity index (χ1n) is 7.83. The molecule has 1 aliphatic rings. The Morgan fingerprint density at radius 2 is 1.71 bits per heavy atom. The molecule has 0 amide bonds. The van der Waals surface area contributed by atoms with Crippen molar-refractivity contribution in [3.8, 4) is 0 Å². The van der Waals surface area contributed by atoms with Gasteiger partial charge in [0.2, 0.25) is 5.69 Å². The molecule has 0 bridgehead atoms. The van der Waals surface area contributed by atoms with Gasteiger partial charge in [0.15, 0.2) is 12.3 Å². The lowest BCUT2D eigenvalue weighted by Crippen LogP contribution is -3.00. The van der Waals surface area contributed by atoms with Crippen LogP contribution in [0.15, 0.2) is 48.5 Å². The fraction of sp³-hybridized carbons (Fsp3) is 0.300. The van der Waals surface area contributed by atoms with Crippen LogP contribution in [-0.2, 0) is 16.7 Å². The topological polar surface area (TPSA) is 29.3 Å². The van der Waals surface area contributed by atoms with Gasteiger partial charge in [-0.05, 0) is 26.0 Å². The quantitative estimate of drug-likeness (QED) is 0.410. The third-order valence-electron chi connectivity index (χ3n) is 4.89. The van der Waals surface area contributed by atoms with Gasteiger partial charge in [-0.15, -0.1) is 0 Å². The molecule has 0 aliphatic carbocycles. The van der Waals surface area contributed by atoms with E-state index >= 15 is 0 Å². The molecule has 0 aromatic heterocycles. The van der Waals surface area contributed by atoms with Crippen molar-refractivity contribution in [2.75, 3.05) is 7.11 Å². The third kappa shape index (κ3) is 3.11. The third-order valence-corrected chi connectivity index (χ3v) is 4.89. The molecule has 1 aliphatic heterocycles. The van der Waals surface area contributed by atoms with E-state index in [9.17, 15) is 4.79 Å². The van der Waals surface area contributed by atoms with Crippen molar-refractivity contribution in [3.05, 3.63) is 65.2 Å². The van der Waals surface area contributed by atoms with Crippen molar-refractivity contribution < 1.29 is 38.1 Å². The summed E-state index contributed by atoms with van der Waals surface area (Å²) < 4.78 is 7.11. The molecule has 0 unspecified atom stereocenters. The normalized spacial score (nSPS) is 14.8. The second-order valence-corrected chi connectivity index (χ2v) is 6.50. The summed E-state index contributed by atoms with van der Waals surface area (Å²) in [6, 6.07) is 16.2. The lowest BCUT2D eigenvalue weighted by Gasteiger charge is -2.14. The van der Waals surface area contributed by atoms with Gasteiger partial charge in [0, 0.05) is 24.1 Å². The van der Waals surface area contributed by atoms with E-state index in [1.807, 2.05) is 24.3 Å². The molecular weight excluding hydrogens is 413 g/mol. The summed E-state index contributed by atoms with van der Waals surface area (Å²) in [6.07, 6.45) is 0. The van der Waals surface area contributed by atoms with Crippen LogP contribution in [0.25, 0.3) is 0 Å². The number of carbonyl (C=O) groups excluding carboxylic acids is 1. The molecule has 4 heteroatoms. The van der Waals surface area contributed by atoms with Crippen LogP contribution in [0.3, 0.4) is 0 Å². The van der Waals surface area contributed by atoms with Gasteiger partial charge in [0.05, 0.1) is 18.1 Å². The molecule has 2 aromatic rings. The highest BCUT2D eigenvalue weighted by molar-refractivity contribution is 5.93. The van der Waals surface area contributed by atoms with Gasteiger partial charge in [0.1, 0.15) is 0 Å². The molecule has 0 spiro atoms. The van der Waals surface area contributed by atoms with E-state index in [-0.39, 0.29) is 35.4 Å². The summed E-state index contributed by atoms with van der Waals surface area (Å²) in [5.74, 6) is -0.299. The molecular formula is C20H22INO2. The zero-order valence-electron chi connectivity index (χ0n) is 14.5. The van der Waals surface area contributed by atoms with E-state index in [1.165, 1.54) is 29.6 Å². The maximum absolute atomic E-state index is 11.5. The lowest BCUT2D eigenvalue weighted by molar-refractivity contribution is -0.456. The minimum absolute atomic E-state index is 0. The number of hydrogen-bond acceptors (Lipinski definition) is 2. The fourth-order valence-electron chi connectivity index (χ4n) is 3.20. The van der Waals surface area contributed by atoms with Gasteiger partial charge in [-0.1, -0.05) is 30.3 Å². The number of hydrogen-bond donors (Lipinski definition) is 0. The van der Waals surface area contributed by atoms with Crippen LogP contribution in [0.1, 0.15) is 42.3 Å². The van der Waals surface area contributed by atoms with E-state index in [1.54, 1.807) is 0 Å². The molecule has 2 aromatic carbocycles. The molecule has 126 valence electrons. The second kappa shape index (κ2) is 7.05. The maximum atomic E-state index is 11.5. The highest BCUT2D eigenvalue weighted by Crippen LogP contribution is 2.39. The number of halogens is 1. The Balaban J connectivity index is 0.00000208. The zero-order chi connectivity index (χ0) is 16.6. The highest BCUT2D eigenvalue weighted by atomic mass is 127. The Bertz CT molecular complexity index is 792. The average Bonchev–Trinajstić information content (AvgIpc) is 2.76. The largest absolute Gasteiger partial charge is 1.00 e. The number of carbonyl (C=O) groups is 1. The van der Waals surface area contributed by atoms with Crippen molar-refractivity contribution in [2.45, 2.75) is 32.7 Å². The first-order chi connectivity index (χ1) is 10.9. The van der Waals surface area contributed by atoms with Gasteiger partial charge in [-0.3, -0.25) is 0 Å². The molecule has 0 atom stereocenters. The van der Waals surface area contributed by atoms with Crippen LogP contribution in [0.4, 0.5) is 5.69 Å². The fourth-order valence-corrected chi connectivity index (χ4v) is 3.20. The first-order valence-corrected chi connectivity index (χ1v) is 7.83. The van der Waals surface area contributed by atoms with Crippen molar-refractivity contribution in [1.82, 2.24) is 0 Å². The SMILES string of the molecule is COC(=O)c1ccc(C[N+]2=C(C)C(C)(C)c3ccccc32)cc1.[I-]. The number of methoxy groups -OCH3 is 1. The van der Waals surface area contributed by atoms with Gasteiger partial charge < -0.3 is 28.7 Å². The number of esters is 1. The number of fused-ring (bicyclic) bond motifs is 1. The molecule has 0 saturated heterocycles. The molecule has 0 saturated carbocycles. The average molecular weight is 435 g/mol. The summed E-state index contributed by atoms with van der Waals surface area (Å²) in [4.78, 5) is 11.5. The second-order valence-electron chi connectivity index (χ2n) is 6.50. The summed E-state index contributed by atoms with van der Waals surface area (Å²) in [6.45, 7) is 7.53. The molecule has 0 N–H and O–H groups in total. The van der Waals surface area contributed by atoms with Crippen LogP contribution in [0, 0.1) is 0 Å². The summed E-state index contributed by atoms with van der Waals surface area (Å²) in [5.41, 5.74) is 5.78.